The van der Waals surface area contributed by atoms with E-state index in [-0.39, 0.29) is 18.3 Å². The van der Waals surface area contributed by atoms with E-state index in [4.69, 9.17) is 0 Å². The van der Waals surface area contributed by atoms with E-state index in [0.717, 1.165) is 22.1 Å². The van der Waals surface area contributed by atoms with E-state index in [9.17, 15) is 9.90 Å². The van der Waals surface area contributed by atoms with Crippen LogP contribution < -0.4 is 4.90 Å². The molecule has 0 aliphatic rings. The Labute approximate surface area is 163 Å². The number of aryl methyl sites for hydroxylation is 1. The van der Waals surface area contributed by atoms with E-state index in [1.165, 1.54) is 17.3 Å². The van der Waals surface area contributed by atoms with Gasteiger partial charge in [0.15, 0.2) is 5.16 Å². The van der Waals surface area contributed by atoms with Gasteiger partial charge in [0, 0.05) is 19.3 Å². The summed E-state index contributed by atoms with van der Waals surface area (Å²) < 4.78 is 1.96. The summed E-state index contributed by atoms with van der Waals surface area (Å²) in [5.74, 6) is 0.280. The van der Waals surface area contributed by atoms with Crippen molar-refractivity contribution in [2.45, 2.75) is 25.2 Å². The highest BCUT2D eigenvalue weighted by Gasteiger charge is 2.15. The molecule has 3 rings (SSSR count). The van der Waals surface area contributed by atoms with Gasteiger partial charge in [-0.2, -0.15) is 0 Å². The Morgan fingerprint density at radius 2 is 1.85 bits per heavy atom. The third-order valence-corrected chi connectivity index (χ3v) is 5.34. The minimum Gasteiger partial charge on any atom is -0.390 e. The van der Waals surface area contributed by atoms with Gasteiger partial charge in [-0.15, -0.1) is 0 Å². The molecule has 1 amide bonds. The number of hydrogen-bond acceptors (Lipinski definition) is 4. The van der Waals surface area contributed by atoms with Gasteiger partial charge in [-0.3, -0.25) is 4.79 Å². The third-order valence-electron chi connectivity index (χ3n) is 4.37. The molecule has 27 heavy (non-hydrogen) atoms. The maximum atomic E-state index is 12.5. The van der Waals surface area contributed by atoms with Crippen molar-refractivity contribution in [2.24, 2.45) is 0 Å². The Morgan fingerprint density at radius 1 is 1.15 bits per heavy atom. The van der Waals surface area contributed by atoms with Gasteiger partial charge in [-0.1, -0.05) is 59.8 Å². The molecule has 0 saturated carbocycles. The molecule has 140 valence electrons. The highest BCUT2D eigenvalue weighted by Crippen LogP contribution is 2.22. The highest BCUT2D eigenvalue weighted by molar-refractivity contribution is 7.99. The molecule has 0 radical (unpaired) electrons. The molecule has 0 fully saturated rings. The largest absolute Gasteiger partial charge is 0.390 e. The molecule has 0 spiro atoms. The predicted molar refractivity (Wildman–Crippen MR) is 109 cm³/mol. The summed E-state index contributed by atoms with van der Waals surface area (Å²) in [7, 11) is 1.77. The zero-order valence-electron chi connectivity index (χ0n) is 15.5. The first kappa shape index (κ1) is 19.2. The van der Waals surface area contributed by atoms with Crippen LogP contribution in [0, 0.1) is 6.92 Å². The number of rotatable bonds is 7. The lowest BCUT2D eigenvalue weighted by Crippen LogP contribution is -2.28. The van der Waals surface area contributed by atoms with Crippen molar-refractivity contribution in [1.82, 2.24) is 9.55 Å². The van der Waals surface area contributed by atoms with Crippen LogP contribution in [-0.4, -0.2) is 33.4 Å². The fourth-order valence-electron chi connectivity index (χ4n) is 2.70. The van der Waals surface area contributed by atoms with Gasteiger partial charge in [-0.25, -0.2) is 4.98 Å². The summed E-state index contributed by atoms with van der Waals surface area (Å²) in [6.07, 6.45) is 1.67. The number of benzene rings is 2. The molecule has 0 aliphatic carbocycles. The van der Waals surface area contributed by atoms with E-state index in [1.54, 1.807) is 18.1 Å². The average molecular weight is 382 g/mol. The second kappa shape index (κ2) is 8.88. The number of aromatic nitrogens is 2. The predicted octanol–water partition coefficient (Wildman–Crippen LogP) is 3.49. The lowest BCUT2D eigenvalue weighted by molar-refractivity contribution is -0.115. The van der Waals surface area contributed by atoms with Crippen LogP contribution >= 0.6 is 11.8 Å². The van der Waals surface area contributed by atoms with Crippen molar-refractivity contribution in [3.63, 3.8) is 0 Å². The van der Waals surface area contributed by atoms with Crippen molar-refractivity contribution in [1.29, 1.82) is 0 Å². The Balaban J connectivity index is 1.70. The Morgan fingerprint density at radius 3 is 2.52 bits per heavy atom. The molecule has 1 N–H and O–H groups in total. The lowest BCUT2D eigenvalue weighted by Gasteiger charge is -2.17. The van der Waals surface area contributed by atoms with Crippen molar-refractivity contribution in [3.8, 4) is 0 Å². The summed E-state index contributed by atoms with van der Waals surface area (Å²) in [6.45, 7) is 2.58. The van der Waals surface area contributed by atoms with Crippen molar-refractivity contribution >= 4 is 23.4 Å². The van der Waals surface area contributed by atoms with Crippen LogP contribution in [0.4, 0.5) is 5.69 Å². The molecule has 0 aliphatic heterocycles. The van der Waals surface area contributed by atoms with Crippen molar-refractivity contribution in [3.05, 3.63) is 77.6 Å². The van der Waals surface area contributed by atoms with Crippen molar-refractivity contribution in [2.75, 3.05) is 17.7 Å². The maximum absolute atomic E-state index is 12.5. The standard InChI is InChI=1S/C21H23N3O2S/c1-16-8-10-17(11-9-16)13-24-19(14-25)12-22-21(24)27-15-20(26)23(2)18-6-4-3-5-7-18/h3-12,25H,13-15H2,1-2H3. The van der Waals surface area contributed by atoms with Crippen LogP contribution in [0.1, 0.15) is 16.8 Å². The van der Waals surface area contributed by atoms with Crippen LogP contribution in [-0.2, 0) is 17.9 Å². The topological polar surface area (TPSA) is 58.4 Å². The fourth-order valence-corrected chi connectivity index (χ4v) is 3.61. The Bertz CT molecular complexity index is 892. The van der Waals surface area contributed by atoms with Gasteiger partial charge in [0.05, 0.1) is 24.3 Å². The summed E-state index contributed by atoms with van der Waals surface area (Å²) in [5.41, 5.74) is 3.93. The summed E-state index contributed by atoms with van der Waals surface area (Å²) >= 11 is 1.39. The molecule has 5 nitrogen and oxygen atoms in total. The van der Waals surface area contributed by atoms with E-state index in [0.29, 0.717) is 6.54 Å². The number of para-hydroxylation sites is 1. The molecule has 1 aromatic heterocycles. The molecule has 1 heterocycles. The Kier molecular flexibility index (Phi) is 6.32. The lowest BCUT2D eigenvalue weighted by atomic mass is 10.1. The van der Waals surface area contributed by atoms with Gasteiger partial charge >= 0.3 is 0 Å². The summed E-state index contributed by atoms with van der Waals surface area (Å²) in [6, 6.07) is 17.8. The first-order chi connectivity index (χ1) is 13.1. The monoisotopic (exact) mass is 381 g/mol. The number of nitrogens with zero attached hydrogens (tertiary/aromatic N) is 3. The van der Waals surface area contributed by atoms with Crippen molar-refractivity contribution < 1.29 is 9.90 Å². The number of carbonyl (C=O) groups excluding carboxylic acids is 1. The number of aliphatic hydroxyl groups excluding tert-OH is 1. The molecule has 3 aromatic rings. The molecule has 2 aromatic carbocycles. The first-order valence-corrected chi connectivity index (χ1v) is 9.72. The number of aliphatic hydroxyl groups is 1. The fraction of sp³-hybridized carbons (Fsp3) is 0.238. The second-order valence-electron chi connectivity index (χ2n) is 6.34. The van der Waals surface area contributed by atoms with Crippen LogP contribution in [0.2, 0.25) is 0 Å². The average Bonchev–Trinajstić information content (AvgIpc) is 3.09. The van der Waals surface area contributed by atoms with Crippen LogP contribution in [0.15, 0.2) is 66.0 Å². The van der Waals surface area contributed by atoms with Crippen LogP contribution in [0.5, 0.6) is 0 Å². The van der Waals surface area contributed by atoms with Gasteiger partial charge < -0.3 is 14.6 Å². The second-order valence-corrected chi connectivity index (χ2v) is 7.28. The van der Waals surface area contributed by atoms with Crippen LogP contribution in [0.3, 0.4) is 0 Å². The zero-order valence-corrected chi connectivity index (χ0v) is 16.3. The number of anilines is 1. The molecule has 0 unspecified atom stereocenters. The summed E-state index contributed by atoms with van der Waals surface area (Å²) in [5, 5.41) is 10.4. The smallest absolute Gasteiger partial charge is 0.237 e. The molecule has 6 heteroatoms. The van der Waals surface area contributed by atoms with Gasteiger partial charge in [0.25, 0.3) is 0 Å². The zero-order chi connectivity index (χ0) is 19.2. The molecule has 0 atom stereocenters. The van der Waals surface area contributed by atoms with E-state index in [2.05, 4.69) is 36.2 Å². The summed E-state index contributed by atoms with van der Waals surface area (Å²) in [4.78, 5) is 18.6. The minimum absolute atomic E-state index is 0.00151. The van der Waals surface area contributed by atoms with E-state index in [1.807, 2.05) is 34.9 Å². The number of imidazole rings is 1. The number of carbonyl (C=O) groups is 1. The first-order valence-electron chi connectivity index (χ1n) is 8.73. The number of hydrogen-bond donors (Lipinski definition) is 1. The van der Waals surface area contributed by atoms with E-state index >= 15 is 0 Å². The van der Waals surface area contributed by atoms with Gasteiger partial charge in [0.2, 0.25) is 5.91 Å². The maximum Gasteiger partial charge on any atom is 0.237 e. The van der Waals surface area contributed by atoms with Gasteiger partial charge in [-0.05, 0) is 24.6 Å². The third kappa shape index (κ3) is 4.78. The SMILES string of the molecule is Cc1ccc(Cn2c(CO)cnc2SCC(=O)N(C)c2ccccc2)cc1. The normalized spacial score (nSPS) is 10.8. The molecular weight excluding hydrogens is 358 g/mol. The molecule has 0 bridgehead atoms. The highest BCUT2D eigenvalue weighted by atomic mass is 32.2. The minimum atomic E-state index is -0.0860. The molecular formula is C21H23N3O2S. The van der Waals surface area contributed by atoms with E-state index < -0.39 is 0 Å². The molecule has 0 saturated heterocycles. The van der Waals surface area contributed by atoms with Crippen LogP contribution in [0.25, 0.3) is 0 Å². The number of amides is 1. The van der Waals surface area contributed by atoms with Gasteiger partial charge in [0.1, 0.15) is 0 Å². The number of thioether (sulfide) groups is 1. The Hall–Kier alpha value is -2.57. The quantitative estimate of drug-likeness (QED) is 0.637.